The number of carbonyl (C=O) groups excluding carboxylic acids is 1. The number of piperidine rings is 1. The molecule has 0 bridgehead atoms. The molecule has 1 aliphatic carbocycles. The van der Waals surface area contributed by atoms with Crippen molar-refractivity contribution in [2.75, 3.05) is 13.1 Å². The number of aliphatic carboxylic acids is 1. The predicted octanol–water partition coefficient (Wildman–Crippen LogP) is 3.26. The summed E-state index contributed by atoms with van der Waals surface area (Å²) in [6, 6.07) is 2.13. The van der Waals surface area contributed by atoms with Crippen LogP contribution in [0.25, 0.3) is 0 Å². The summed E-state index contributed by atoms with van der Waals surface area (Å²) in [4.78, 5) is 26.7. The maximum Gasteiger partial charge on any atom is 0.303 e. The van der Waals surface area contributed by atoms with Crippen LogP contribution in [-0.2, 0) is 9.59 Å². The molecule has 1 aliphatic heterocycles. The third-order valence-electron chi connectivity index (χ3n) is 4.94. The molecule has 1 saturated heterocycles. The molecule has 1 saturated carbocycles. The molecular weight excluding hydrogens is 298 g/mol. The fraction of sp³-hybridized carbons (Fsp3) is 0.647. The summed E-state index contributed by atoms with van der Waals surface area (Å²) in [5.74, 6) is 0.494. The van der Waals surface area contributed by atoms with Crippen LogP contribution in [0.1, 0.15) is 48.5 Å². The first-order valence-electron chi connectivity index (χ1n) is 8.11. The van der Waals surface area contributed by atoms with Gasteiger partial charge in [0.15, 0.2) is 0 Å². The van der Waals surface area contributed by atoms with Crippen molar-refractivity contribution in [3.63, 3.8) is 0 Å². The third-order valence-corrected chi connectivity index (χ3v) is 6.09. The Balaban J connectivity index is 1.54. The maximum absolute atomic E-state index is 12.7. The molecular formula is C17H23NO3S. The van der Waals surface area contributed by atoms with Crippen LogP contribution in [0, 0.1) is 18.8 Å². The van der Waals surface area contributed by atoms with Gasteiger partial charge in [-0.05, 0) is 55.5 Å². The second kappa shape index (κ2) is 6.41. The van der Waals surface area contributed by atoms with E-state index in [1.54, 1.807) is 11.3 Å². The lowest BCUT2D eigenvalue weighted by atomic mass is 9.93. The van der Waals surface area contributed by atoms with E-state index in [2.05, 4.69) is 18.4 Å². The predicted molar refractivity (Wildman–Crippen MR) is 86.1 cm³/mol. The maximum atomic E-state index is 12.7. The molecule has 0 unspecified atom stereocenters. The molecule has 2 heterocycles. The monoisotopic (exact) mass is 321 g/mol. The highest BCUT2D eigenvalue weighted by molar-refractivity contribution is 7.10. The van der Waals surface area contributed by atoms with E-state index in [-0.39, 0.29) is 18.2 Å². The smallest absolute Gasteiger partial charge is 0.303 e. The SMILES string of the molecule is Cc1ccsc1[C@@H]1C[C@@H]1C(=O)N1CCC[C@@H](CCC(=O)O)C1. The zero-order valence-electron chi connectivity index (χ0n) is 13.0. The number of nitrogens with zero attached hydrogens (tertiary/aromatic N) is 1. The molecule has 1 N–H and O–H groups in total. The number of hydrogen-bond acceptors (Lipinski definition) is 3. The first-order chi connectivity index (χ1) is 10.6. The van der Waals surface area contributed by atoms with Gasteiger partial charge in [-0.2, -0.15) is 0 Å². The number of amides is 1. The lowest BCUT2D eigenvalue weighted by molar-refractivity contribution is -0.137. The quantitative estimate of drug-likeness (QED) is 0.905. The molecule has 1 amide bonds. The number of carboxylic acids is 1. The Hall–Kier alpha value is -1.36. The average molecular weight is 321 g/mol. The molecule has 3 atom stereocenters. The van der Waals surface area contributed by atoms with Crippen molar-refractivity contribution in [2.45, 2.75) is 44.9 Å². The van der Waals surface area contributed by atoms with E-state index in [0.717, 1.165) is 32.4 Å². The van der Waals surface area contributed by atoms with Crippen LogP contribution < -0.4 is 0 Å². The van der Waals surface area contributed by atoms with E-state index in [1.807, 2.05) is 4.90 Å². The molecule has 120 valence electrons. The summed E-state index contributed by atoms with van der Waals surface area (Å²) >= 11 is 1.76. The van der Waals surface area contributed by atoms with Gasteiger partial charge in [0.25, 0.3) is 0 Å². The Bertz CT molecular complexity index is 568. The minimum absolute atomic E-state index is 0.163. The van der Waals surface area contributed by atoms with E-state index in [4.69, 9.17) is 5.11 Å². The molecule has 0 aromatic carbocycles. The first-order valence-corrected chi connectivity index (χ1v) is 8.98. The van der Waals surface area contributed by atoms with Crippen molar-refractivity contribution >= 4 is 23.2 Å². The highest BCUT2D eigenvalue weighted by atomic mass is 32.1. The molecule has 2 aliphatic rings. The number of carbonyl (C=O) groups is 2. The summed E-state index contributed by atoms with van der Waals surface area (Å²) in [5.41, 5.74) is 1.31. The van der Waals surface area contributed by atoms with E-state index < -0.39 is 5.97 Å². The number of hydrogen-bond donors (Lipinski definition) is 1. The van der Waals surface area contributed by atoms with Gasteiger partial charge in [-0.1, -0.05) is 0 Å². The lowest BCUT2D eigenvalue weighted by Gasteiger charge is -2.33. The van der Waals surface area contributed by atoms with Crippen molar-refractivity contribution in [3.8, 4) is 0 Å². The molecule has 3 rings (SSSR count). The van der Waals surface area contributed by atoms with Gasteiger partial charge in [-0.15, -0.1) is 11.3 Å². The van der Waals surface area contributed by atoms with Gasteiger partial charge in [0.05, 0.1) is 0 Å². The Labute approximate surface area is 135 Å². The van der Waals surface area contributed by atoms with Gasteiger partial charge in [0.1, 0.15) is 0 Å². The van der Waals surface area contributed by atoms with E-state index >= 15 is 0 Å². The van der Waals surface area contributed by atoms with Gasteiger partial charge < -0.3 is 10.0 Å². The largest absolute Gasteiger partial charge is 0.481 e. The van der Waals surface area contributed by atoms with Crippen molar-refractivity contribution in [1.82, 2.24) is 4.90 Å². The number of likely N-dealkylation sites (tertiary alicyclic amines) is 1. The molecule has 1 aromatic heterocycles. The number of aryl methyl sites for hydroxylation is 1. The standard InChI is InChI=1S/C17H23NO3S/c1-11-6-8-22-16(11)13-9-14(13)17(21)18-7-2-3-12(10-18)4-5-15(19)20/h6,8,12-14H,2-5,7,9-10H2,1H3,(H,19,20)/t12-,13+,14-/m0/s1. The highest BCUT2D eigenvalue weighted by Crippen LogP contribution is 2.51. The van der Waals surface area contributed by atoms with E-state index in [9.17, 15) is 9.59 Å². The normalized spacial score (nSPS) is 27.7. The molecule has 1 aromatic rings. The van der Waals surface area contributed by atoms with E-state index in [1.165, 1.54) is 10.4 Å². The van der Waals surface area contributed by atoms with Crippen LogP contribution in [0.2, 0.25) is 0 Å². The lowest BCUT2D eigenvalue weighted by Crippen LogP contribution is -2.41. The van der Waals surface area contributed by atoms with Gasteiger partial charge in [-0.3, -0.25) is 9.59 Å². The van der Waals surface area contributed by atoms with Crippen molar-refractivity contribution in [1.29, 1.82) is 0 Å². The van der Waals surface area contributed by atoms with Crippen molar-refractivity contribution in [2.24, 2.45) is 11.8 Å². The Morgan fingerprint density at radius 2 is 2.27 bits per heavy atom. The Morgan fingerprint density at radius 3 is 2.95 bits per heavy atom. The molecule has 2 fully saturated rings. The Morgan fingerprint density at radius 1 is 1.45 bits per heavy atom. The highest BCUT2D eigenvalue weighted by Gasteiger charge is 2.47. The topological polar surface area (TPSA) is 57.6 Å². The second-order valence-electron chi connectivity index (χ2n) is 6.64. The van der Waals surface area contributed by atoms with Crippen molar-refractivity contribution < 1.29 is 14.7 Å². The molecule has 22 heavy (non-hydrogen) atoms. The average Bonchev–Trinajstić information content (AvgIpc) is 3.19. The molecule has 0 spiro atoms. The molecule has 0 radical (unpaired) electrons. The fourth-order valence-corrected chi connectivity index (χ4v) is 4.69. The molecule has 4 nitrogen and oxygen atoms in total. The summed E-state index contributed by atoms with van der Waals surface area (Å²) in [7, 11) is 0. The summed E-state index contributed by atoms with van der Waals surface area (Å²) in [6.07, 6.45) is 3.95. The summed E-state index contributed by atoms with van der Waals surface area (Å²) in [5, 5.41) is 10.9. The number of thiophene rings is 1. The van der Waals surface area contributed by atoms with Gasteiger partial charge in [-0.25, -0.2) is 0 Å². The Kier molecular flexibility index (Phi) is 4.52. The van der Waals surface area contributed by atoms with Gasteiger partial charge >= 0.3 is 5.97 Å². The zero-order chi connectivity index (χ0) is 15.7. The van der Waals surface area contributed by atoms with Crippen LogP contribution in [0.5, 0.6) is 0 Å². The van der Waals surface area contributed by atoms with Crippen LogP contribution in [0.4, 0.5) is 0 Å². The first kappa shape index (κ1) is 15.5. The zero-order valence-corrected chi connectivity index (χ0v) is 13.8. The van der Waals surface area contributed by atoms with E-state index in [0.29, 0.717) is 18.3 Å². The van der Waals surface area contributed by atoms with Gasteiger partial charge in [0.2, 0.25) is 5.91 Å². The minimum Gasteiger partial charge on any atom is -0.481 e. The van der Waals surface area contributed by atoms with Gasteiger partial charge in [0, 0.05) is 36.2 Å². The van der Waals surface area contributed by atoms with Crippen LogP contribution in [0.15, 0.2) is 11.4 Å². The van der Waals surface area contributed by atoms with Crippen LogP contribution >= 0.6 is 11.3 Å². The summed E-state index contributed by atoms with van der Waals surface area (Å²) < 4.78 is 0. The fourth-order valence-electron chi connectivity index (χ4n) is 3.58. The number of rotatable bonds is 5. The minimum atomic E-state index is -0.737. The molecule has 5 heteroatoms. The van der Waals surface area contributed by atoms with Crippen LogP contribution in [-0.4, -0.2) is 35.0 Å². The third kappa shape index (κ3) is 3.35. The second-order valence-corrected chi connectivity index (χ2v) is 7.59. The number of carboxylic acid groups (broad SMARTS) is 1. The van der Waals surface area contributed by atoms with Crippen molar-refractivity contribution in [3.05, 3.63) is 21.9 Å². The summed E-state index contributed by atoms with van der Waals surface area (Å²) in [6.45, 7) is 3.71. The van der Waals surface area contributed by atoms with Crippen LogP contribution in [0.3, 0.4) is 0 Å².